The quantitative estimate of drug-likeness (QED) is 0.108. The molecule has 8 aromatic rings. The van der Waals surface area contributed by atoms with Crippen molar-refractivity contribution < 1.29 is 19.1 Å². The molecule has 0 radical (unpaired) electrons. The Balaban J connectivity index is 0.827. The number of rotatable bonds is 12. The number of primary amides is 2. The van der Waals surface area contributed by atoms with Crippen molar-refractivity contribution in [2.24, 2.45) is 18.5 Å². The number of aryl methyl sites for hydroxylation is 3. The lowest BCUT2D eigenvalue weighted by atomic mass is 10.1. The number of nitrogens with zero attached hydrogens (tertiary/aromatic N) is 10. The molecular formula is C49H50N14O4. The molecule has 2 amide bonds. The maximum absolute atomic E-state index is 12.8. The molecule has 2 saturated heterocycles. The molecule has 18 nitrogen and oxygen atoms in total. The Morgan fingerprint density at radius 3 is 1.70 bits per heavy atom. The summed E-state index contributed by atoms with van der Waals surface area (Å²) in [4.78, 5) is 58.5. The van der Waals surface area contributed by atoms with E-state index in [2.05, 4.69) is 37.0 Å². The summed E-state index contributed by atoms with van der Waals surface area (Å²) < 4.78 is 16.3. The van der Waals surface area contributed by atoms with Gasteiger partial charge in [0, 0.05) is 55.7 Å². The summed E-state index contributed by atoms with van der Waals surface area (Å²) in [6.45, 7) is 8.61. The summed E-state index contributed by atoms with van der Waals surface area (Å²) >= 11 is 0. The molecule has 6 N–H and O–H groups in total. The molecule has 0 unspecified atom stereocenters. The van der Waals surface area contributed by atoms with Crippen LogP contribution < -0.4 is 22.1 Å². The number of morpholine rings is 2. The van der Waals surface area contributed by atoms with E-state index in [9.17, 15) is 9.59 Å². The highest BCUT2D eigenvalue weighted by atomic mass is 16.5. The Hall–Kier alpha value is -7.64. The molecule has 0 saturated carbocycles. The van der Waals surface area contributed by atoms with Crippen molar-refractivity contribution >= 4 is 56.9 Å². The number of para-hydroxylation sites is 2. The second kappa shape index (κ2) is 18.0. The standard InChI is InChI=1S/C49H50N14O4/c1-28-40(34-7-5-9-36-42(34)52-25-61(36)4)58-44(46(50)64)48(54-28)57-33-17-13-31(14-18-33)39-24-62(20-22-67-39)27-63-26-53-43-35(8-6-10-37(43)63)41-29(2)55-49(45(59-41)47(51)65)56-32-15-11-30(12-16-32)38-23-60(3)19-21-66-38/h5-18,25-26,38-39H,19-24,27H2,1-4H3,(H2,50,64)(H2,51,65)(H,54,57)(H,55,56)/t38-,39+/m1/s1. The molecule has 4 aromatic heterocycles. The maximum Gasteiger partial charge on any atom is 0.271 e. The first-order valence-electron chi connectivity index (χ1n) is 22.1. The minimum absolute atomic E-state index is 0.000362. The monoisotopic (exact) mass is 898 g/mol. The van der Waals surface area contributed by atoms with Crippen molar-refractivity contribution in [1.82, 2.24) is 48.8 Å². The van der Waals surface area contributed by atoms with Gasteiger partial charge in [0.15, 0.2) is 23.0 Å². The van der Waals surface area contributed by atoms with Gasteiger partial charge in [-0.2, -0.15) is 0 Å². The van der Waals surface area contributed by atoms with Gasteiger partial charge in [0.1, 0.15) is 0 Å². The topological polar surface area (TPSA) is 222 Å². The SMILES string of the molecule is Cc1nc(Nc2ccc([C@@H]3CN(Cn4cnc5c(-c6nc(C(N)=O)c(Nc7ccc([C@H]8CN(C)CCO8)cc7)nc6C)cccc54)CCO3)cc2)c(C(N)=O)nc1-c1cccc2c1ncn2C. The van der Waals surface area contributed by atoms with E-state index in [0.717, 1.165) is 69.6 Å². The number of carbonyl (C=O) groups is 2. The smallest absolute Gasteiger partial charge is 0.271 e. The molecule has 340 valence electrons. The van der Waals surface area contributed by atoms with Gasteiger partial charge in [-0.25, -0.2) is 29.9 Å². The van der Waals surface area contributed by atoms with Crippen LogP contribution in [0.2, 0.25) is 0 Å². The number of nitrogens with two attached hydrogens (primary N) is 2. The number of likely N-dealkylation sites (N-methyl/N-ethyl adjacent to an activating group) is 1. The van der Waals surface area contributed by atoms with Crippen LogP contribution in [0.4, 0.5) is 23.0 Å². The summed E-state index contributed by atoms with van der Waals surface area (Å²) in [5.74, 6) is -0.840. The number of fused-ring (bicyclic) bond motifs is 2. The Labute approximate surface area is 386 Å². The van der Waals surface area contributed by atoms with E-state index in [1.54, 1.807) is 6.33 Å². The Kier molecular flexibility index (Phi) is 11.6. The predicted octanol–water partition coefficient (Wildman–Crippen LogP) is 6.17. The van der Waals surface area contributed by atoms with Crippen LogP contribution >= 0.6 is 0 Å². The number of amides is 2. The minimum Gasteiger partial charge on any atom is -0.371 e. The van der Waals surface area contributed by atoms with E-state index in [-0.39, 0.29) is 35.2 Å². The number of ether oxygens (including phenoxy) is 2. The number of hydrogen-bond donors (Lipinski definition) is 4. The van der Waals surface area contributed by atoms with Crippen molar-refractivity contribution in [3.63, 3.8) is 0 Å². The first-order valence-corrected chi connectivity index (χ1v) is 22.1. The largest absolute Gasteiger partial charge is 0.371 e. The Morgan fingerprint density at radius 1 is 0.642 bits per heavy atom. The van der Waals surface area contributed by atoms with Crippen LogP contribution in [0.15, 0.2) is 97.6 Å². The molecule has 2 fully saturated rings. The number of imidazole rings is 2. The van der Waals surface area contributed by atoms with Crippen molar-refractivity contribution in [3.8, 4) is 22.5 Å². The summed E-state index contributed by atoms with van der Waals surface area (Å²) in [6, 6.07) is 27.5. The van der Waals surface area contributed by atoms with E-state index in [1.807, 2.05) is 117 Å². The van der Waals surface area contributed by atoms with Gasteiger partial charge >= 0.3 is 0 Å². The lowest BCUT2D eigenvalue weighted by Gasteiger charge is -2.33. The third kappa shape index (κ3) is 8.65. The molecule has 4 aromatic carbocycles. The molecule has 0 spiro atoms. The van der Waals surface area contributed by atoms with Gasteiger partial charge in [0.2, 0.25) is 0 Å². The first-order chi connectivity index (χ1) is 32.5. The van der Waals surface area contributed by atoms with Crippen molar-refractivity contribution in [3.05, 3.63) is 131 Å². The van der Waals surface area contributed by atoms with Crippen LogP contribution in [0.25, 0.3) is 44.6 Å². The summed E-state index contributed by atoms with van der Waals surface area (Å²) in [5, 5.41) is 6.52. The van der Waals surface area contributed by atoms with Crippen LogP contribution in [-0.4, -0.2) is 107 Å². The zero-order chi connectivity index (χ0) is 46.3. The van der Waals surface area contributed by atoms with Crippen LogP contribution in [-0.2, 0) is 23.2 Å². The Bertz CT molecular complexity index is 3170. The van der Waals surface area contributed by atoms with E-state index in [1.165, 1.54) is 0 Å². The molecule has 10 rings (SSSR count). The molecular weight excluding hydrogens is 849 g/mol. The van der Waals surface area contributed by atoms with Gasteiger partial charge in [-0.1, -0.05) is 48.5 Å². The van der Waals surface area contributed by atoms with Crippen molar-refractivity contribution in [2.75, 3.05) is 57.1 Å². The number of hydrogen-bond acceptors (Lipinski definition) is 14. The van der Waals surface area contributed by atoms with E-state index < -0.39 is 11.8 Å². The van der Waals surface area contributed by atoms with E-state index in [4.69, 9.17) is 45.9 Å². The van der Waals surface area contributed by atoms with Gasteiger partial charge in [0.05, 0.1) is 89.6 Å². The highest BCUT2D eigenvalue weighted by Gasteiger charge is 2.26. The normalized spacial score (nSPS) is 17.0. The van der Waals surface area contributed by atoms with Gasteiger partial charge in [-0.05, 0) is 68.4 Å². The first kappa shape index (κ1) is 43.3. The highest BCUT2D eigenvalue weighted by molar-refractivity contribution is 5.99. The third-order valence-corrected chi connectivity index (χ3v) is 12.4. The number of carbonyl (C=O) groups excluding carboxylic acids is 2. The molecule has 6 heterocycles. The number of nitrogens with one attached hydrogen (secondary N) is 2. The van der Waals surface area contributed by atoms with Crippen molar-refractivity contribution in [2.45, 2.75) is 32.7 Å². The van der Waals surface area contributed by atoms with E-state index in [0.29, 0.717) is 54.9 Å². The summed E-state index contributed by atoms with van der Waals surface area (Å²) in [5.41, 5.74) is 22.5. The fourth-order valence-corrected chi connectivity index (χ4v) is 8.87. The van der Waals surface area contributed by atoms with Crippen LogP contribution in [0.5, 0.6) is 0 Å². The van der Waals surface area contributed by atoms with E-state index >= 15 is 0 Å². The third-order valence-electron chi connectivity index (χ3n) is 12.4. The summed E-state index contributed by atoms with van der Waals surface area (Å²) in [6.07, 6.45) is 3.38. The molecule has 18 heteroatoms. The second-order valence-electron chi connectivity index (χ2n) is 17.0. The second-order valence-corrected chi connectivity index (χ2v) is 17.0. The fraction of sp³-hybridized carbons (Fsp3) is 0.265. The van der Waals surface area contributed by atoms with Crippen LogP contribution in [0.3, 0.4) is 0 Å². The zero-order valence-corrected chi connectivity index (χ0v) is 37.6. The number of benzene rings is 4. The predicted molar refractivity (Wildman–Crippen MR) is 255 cm³/mol. The van der Waals surface area contributed by atoms with Gasteiger partial charge in [-0.15, -0.1) is 0 Å². The molecule has 2 aliphatic rings. The van der Waals surface area contributed by atoms with Crippen LogP contribution in [0, 0.1) is 13.8 Å². The van der Waals surface area contributed by atoms with Gasteiger partial charge in [-0.3, -0.25) is 14.5 Å². The lowest BCUT2D eigenvalue weighted by molar-refractivity contribution is -0.0398. The molecule has 2 atom stereocenters. The molecule has 0 aliphatic carbocycles. The lowest BCUT2D eigenvalue weighted by Crippen LogP contribution is -2.39. The fourth-order valence-electron chi connectivity index (χ4n) is 8.87. The molecule has 67 heavy (non-hydrogen) atoms. The molecule has 2 aliphatic heterocycles. The minimum atomic E-state index is -0.696. The Morgan fingerprint density at radius 2 is 1.15 bits per heavy atom. The van der Waals surface area contributed by atoms with Crippen molar-refractivity contribution in [1.29, 1.82) is 0 Å². The van der Waals surface area contributed by atoms with Gasteiger partial charge < -0.3 is 45.6 Å². The molecule has 0 bridgehead atoms. The number of aromatic nitrogens is 8. The van der Waals surface area contributed by atoms with Gasteiger partial charge in [0.25, 0.3) is 11.8 Å². The van der Waals surface area contributed by atoms with Crippen LogP contribution in [0.1, 0.15) is 55.7 Å². The maximum atomic E-state index is 12.8. The average Bonchev–Trinajstić information content (AvgIpc) is 3.92. The summed E-state index contributed by atoms with van der Waals surface area (Å²) in [7, 11) is 4.01. The number of anilines is 4. The highest BCUT2D eigenvalue weighted by Crippen LogP contribution is 2.34. The zero-order valence-electron chi connectivity index (χ0n) is 37.6. The average molecular weight is 899 g/mol.